The van der Waals surface area contributed by atoms with E-state index < -0.39 is 6.10 Å². The summed E-state index contributed by atoms with van der Waals surface area (Å²) < 4.78 is 5.53. The topological polar surface area (TPSA) is 50.7 Å². The smallest absolute Gasteiger partial charge is 0.0920 e. The first-order valence-corrected chi connectivity index (χ1v) is 6.84. The van der Waals surface area contributed by atoms with Crippen LogP contribution in [0, 0.1) is 5.92 Å². The second-order valence-electron chi connectivity index (χ2n) is 4.39. The fourth-order valence-electron chi connectivity index (χ4n) is 1.58. The Hall–Kier alpha value is -0.160. The predicted molar refractivity (Wildman–Crippen MR) is 69.8 cm³/mol. The molecule has 17 heavy (non-hydrogen) atoms. The molecule has 2 N–H and O–H groups in total. The van der Waals surface area contributed by atoms with E-state index in [2.05, 4.69) is 19.3 Å². The maximum Gasteiger partial charge on any atom is 0.0920 e. The fourth-order valence-corrected chi connectivity index (χ4v) is 1.58. The highest BCUT2D eigenvalue weighted by molar-refractivity contribution is 4.58. The molecule has 0 radical (unpaired) electrons. The number of rotatable bonds is 12. The summed E-state index contributed by atoms with van der Waals surface area (Å²) in [5.74, 6) is 0.627. The van der Waals surface area contributed by atoms with Crippen LogP contribution in [0.25, 0.3) is 0 Å². The Morgan fingerprint density at radius 3 is 2.53 bits per heavy atom. The van der Waals surface area contributed by atoms with Crippen molar-refractivity contribution >= 4 is 0 Å². The highest BCUT2D eigenvalue weighted by atomic mass is 16.6. The molecule has 0 bridgehead atoms. The summed E-state index contributed by atoms with van der Waals surface area (Å²) >= 11 is 0. The summed E-state index contributed by atoms with van der Waals surface area (Å²) in [4.78, 5) is 4.94. The van der Waals surface area contributed by atoms with Crippen LogP contribution in [0.2, 0.25) is 0 Å². The van der Waals surface area contributed by atoms with E-state index in [1.807, 2.05) is 6.92 Å². The van der Waals surface area contributed by atoms with Gasteiger partial charge in [0.25, 0.3) is 0 Å². The summed E-state index contributed by atoms with van der Waals surface area (Å²) in [6, 6.07) is 0. The Morgan fingerprint density at radius 1 is 1.18 bits per heavy atom. The SMILES string of the molecule is CCCCC(CC)COCC(O)CNOCC. The van der Waals surface area contributed by atoms with E-state index in [0.29, 0.717) is 25.7 Å². The molecule has 0 fully saturated rings. The second kappa shape index (κ2) is 12.3. The monoisotopic (exact) mass is 247 g/mol. The summed E-state index contributed by atoms with van der Waals surface area (Å²) in [6.07, 6.45) is 4.37. The summed E-state index contributed by atoms with van der Waals surface area (Å²) in [7, 11) is 0. The van der Waals surface area contributed by atoms with Gasteiger partial charge in [-0.15, -0.1) is 0 Å². The van der Waals surface area contributed by atoms with Crippen LogP contribution in [0.15, 0.2) is 0 Å². The molecule has 0 aliphatic heterocycles. The fraction of sp³-hybridized carbons (Fsp3) is 1.00. The van der Waals surface area contributed by atoms with Gasteiger partial charge in [-0.05, 0) is 19.3 Å². The molecular formula is C13H29NO3. The highest BCUT2D eigenvalue weighted by Gasteiger charge is 2.08. The lowest BCUT2D eigenvalue weighted by Gasteiger charge is -2.17. The van der Waals surface area contributed by atoms with Gasteiger partial charge >= 0.3 is 0 Å². The van der Waals surface area contributed by atoms with Gasteiger partial charge in [-0.2, -0.15) is 5.48 Å². The minimum Gasteiger partial charge on any atom is -0.389 e. The number of hydroxylamine groups is 1. The van der Waals surface area contributed by atoms with E-state index in [4.69, 9.17) is 9.57 Å². The molecule has 0 heterocycles. The van der Waals surface area contributed by atoms with Crippen molar-refractivity contribution in [1.82, 2.24) is 5.48 Å². The first kappa shape index (κ1) is 16.8. The molecule has 0 aliphatic carbocycles. The van der Waals surface area contributed by atoms with Gasteiger partial charge in [-0.1, -0.05) is 33.1 Å². The Labute approximate surface area is 106 Å². The molecular weight excluding hydrogens is 218 g/mol. The molecule has 0 aromatic rings. The highest BCUT2D eigenvalue weighted by Crippen LogP contribution is 2.12. The van der Waals surface area contributed by atoms with Gasteiger partial charge in [0.2, 0.25) is 0 Å². The van der Waals surface area contributed by atoms with Crippen molar-refractivity contribution in [2.75, 3.05) is 26.4 Å². The van der Waals surface area contributed by atoms with E-state index in [9.17, 15) is 5.11 Å². The van der Waals surface area contributed by atoms with Gasteiger partial charge < -0.3 is 14.7 Å². The zero-order chi connectivity index (χ0) is 12.9. The third-order valence-corrected chi connectivity index (χ3v) is 2.77. The van der Waals surface area contributed by atoms with Gasteiger partial charge in [-0.3, -0.25) is 0 Å². The summed E-state index contributed by atoms with van der Waals surface area (Å²) in [5.41, 5.74) is 2.69. The minimum atomic E-state index is -0.495. The molecule has 0 saturated carbocycles. The van der Waals surface area contributed by atoms with Crippen LogP contribution in [0.4, 0.5) is 0 Å². The number of hydrogen-bond donors (Lipinski definition) is 2. The maximum absolute atomic E-state index is 9.57. The number of aliphatic hydroxyl groups is 1. The van der Waals surface area contributed by atoms with Crippen molar-refractivity contribution in [3.05, 3.63) is 0 Å². The Kier molecular flexibility index (Phi) is 12.2. The van der Waals surface area contributed by atoms with Crippen molar-refractivity contribution in [2.24, 2.45) is 5.92 Å². The average molecular weight is 247 g/mol. The lowest BCUT2D eigenvalue weighted by Crippen LogP contribution is -2.31. The summed E-state index contributed by atoms with van der Waals surface area (Å²) in [5, 5.41) is 9.57. The summed E-state index contributed by atoms with van der Waals surface area (Å²) in [6.45, 7) is 8.44. The first-order valence-electron chi connectivity index (χ1n) is 6.84. The average Bonchev–Trinajstić information content (AvgIpc) is 2.34. The Balaban J connectivity index is 3.45. The zero-order valence-corrected chi connectivity index (χ0v) is 11.6. The Bertz CT molecular complexity index is 156. The molecule has 0 saturated heterocycles. The number of unbranched alkanes of at least 4 members (excludes halogenated alkanes) is 1. The van der Waals surface area contributed by atoms with Crippen molar-refractivity contribution in [1.29, 1.82) is 0 Å². The Morgan fingerprint density at radius 2 is 1.94 bits per heavy atom. The molecule has 0 aromatic heterocycles. The van der Waals surface area contributed by atoms with Gasteiger partial charge in [0.05, 0.1) is 19.3 Å². The quantitative estimate of drug-likeness (QED) is 0.410. The first-order chi connectivity index (χ1) is 8.24. The molecule has 4 heteroatoms. The minimum absolute atomic E-state index is 0.378. The number of aliphatic hydroxyl groups excluding tert-OH is 1. The maximum atomic E-state index is 9.57. The third kappa shape index (κ3) is 10.7. The molecule has 0 amide bonds. The van der Waals surface area contributed by atoms with Crippen LogP contribution < -0.4 is 5.48 Å². The van der Waals surface area contributed by atoms with Gasteiger partial charge in [0, 0.05) is 13.2 Å². The number of nitrogens with one attached hydrogen (secondary N) is 1. The van der Waals surface area contributed by atoms with E-state index in [-0.39, 0.29) is 0 Å². The van der Waals surface area contributed by atoms with Gasteiger partial charge in [-0.25, -0.2) is 0 Å². The van der Waals surface area contributed by atoms with E-state index >= 15 is 0 Å². The third-order valence-electron chi connectivity index (χ3n) is 2.77. The van der Waals surface area contributed by atoms with Crippen LogP contribution in [-0.4, -0.2) is 37.6 Å². The molecule has 104 valence electrons. The van der Waals surface area contributed by atoms with Crippen LogP contribution in [0.1, 0.15) is 46.5 Å². The lowest BCUT2D eigenvalue weighted by molar-refractivity contribution is -0.0181. The van der Waals surface area contributed by atoms with Crippen molar-refractivity contribution in [2.45, 2.75) is 52.6 Å². The van der Waals surface area contributed by atoms with E-state index in [0.717, 1.165) is 13.0 Å². The van der Waals surface area contributed by atoms with Crippen LogP contribution >= 0.6 is 0 Å². The molecule has 0 spiro atoms. The van der Waals surface area contributed by atoms with Crippen molar-refractivity contribution in [3.8, 4) is 0 Å². The van der Waals surface area contributed by atoms with Crippen LogP contribution in [-0.2, 0) is 9.57 Å². The van der Waals surface area contributed by atoms with E-state index in [1.54, 1.807) is 0 Å². The number of hydrogen-bond acceptors (Lipinski definition) is 4. The zero-order valence-electron chi connectivity index (χ0n) is 11.6. The molecule has 0 aliphatic rings. The van der Waals surface area contributed by atoms with Crippen molar-refractivity contribution < 1.29 is 14.7 Å². The number of ether oxygens (including phenoxy) is 1. The van der Waals surface area contributed by atoms with E-state index in [1.165, 1.54) is 19.3 Å². The molecule has 4 nitrogen and oxygen atoms in total. The van der Waals surface area contributed by atoms with Crippen LogP contribution in [0.3, 0.4) is 0 Å². The lowest BCUT2D eigenvalue weighted by atomic mass is 10.0. The molecule has 2 atom stereocenters. The molecule has 0 rings (SSSR count). The standard InChI is InChI=1S/C13H29NO3/c1-4-7-8-12(5-2)10-16-11-13(15)9-14-17-6-3/h12-15H,4-11H2,1-3H3. The van der Waals surface area contributed by atoms with Gasteiger partial charge in [0.15, 0.2) is 0 Å². The molecule has 0 aromatic carbocycles. The predicted octanol–water partition coefficient (Wildman–Crippen LogP) is 2.12. The largest absolute Gasteiger partial charge is 0.389 e. The second-order valence-corrected chi connectivity index (χ2v) is 4.39. The normalized spacial score (nSPS) is 14.8. The van der Waals surface area contributed by atoms with Gasteiger partial charge in [0.1, 0.15) is 0 Å². The molecule has 2 unspecified atom stereocenters. The van der Waals surface area contributed by atoms with Crippen molar-refractivity contribution in [3.63, 3.8) is 0 Å². The van der Waals surface area contributed by atoms with Crippen LogP contribution in [0.5, 0.6) is 0 Å².